The van der Waals surface area contributed by atoms with Crippen molar-refractivity contribution < 1.29 is 18.0 Å². The van der Waals surface area contributed by atoms with E-state index in [1.54, 1.807) is 18.4 Å². The van der Waals surface area contributed by atoms with Crippen LogP contribution < -0.4 is 5.32 Å². The van der Waals surface area contributed by atoms with Gasteiger partial charge in [0.05, 0.1) is 16.8 Å². The van der Waals surface area contributed by atoms with Crippen molar-refractivity contribution in [2.75, 3.05) is 5.32 Å². The third-order valence-electron chi connectivity index (χ3n) is 3.40. The van der Waals surface area contributed by atoms with Crippen molar-refractivity contribution in [3.63, 3.8) is 0 Å². The lowest BCUT2D eigenvalue weighted by Crippen LogP contribution is -2.13. The quantitative estimate of drug-likeness (QED) is 0.757. The van der Waals surface area contributed by atoms with E-state index in [2.05, 4.69) is 20.5 Å². The number of nitrogens with one attached hydrogen (secondary N) is 1. The Labute approximate surface area is 144 Å². The molecule has 0 saturated heterocycles. The van der Waals surface area contributed by atoms with E-state index in [0.29, 0.717) is 16.8 Å². The number of nitrogens with zero attached hydrogens (tertiary/aromatic N) is 3. The summed E-state index contributed by atoms with van der Waals surface area (Å²) in [5.41, 5.74) is 2.49. The van der Waals surface area contributed by atoms with E-state index in [-0.39, 0.29) is 11.5 Å². The highest BCUT2D eigenvalue weighted by molar-refractivity contribution is 7.07. The molecule has 9 heteroatoms. The van der Waals surface area contributed by atoms with Crippen molar-refractivity contribution >= 4 is 23.1 Å². The highest BCUT2D eigenvalue weighted by Crippen LogP contribution is 2.32. The first-order valence-corrected chi connectivity index (χ1v) is 8.00. The van der Waals surface area contributed by atoms with Crippen molar-refractivity contribution in [3.8, 4) is 11.3 Å². The predicted octanol–water partition coefficient (Wildman–Crippen LogP) is 4.18. The summed E-state index contributed by atoms with van der Waals surface area (Å²) in [6.07, 6.45) is -4.39. The lowest BCUT2D eigenvalue weighted by molar-refractivity contribution is -0.137. The van der Waals surface area contributed by atoms with E-state index in [4.69, 9.17) is 0 Å². The van der Waals surface area contributed by atoms with Crippen LogP contribution in [0.4, 0.5) is 19.0 Å². The van der Waals surface area contributed by atoms with E-state index >= 15 is 0 Å². The van der Waals surface area contributed by atoms with Crippen LogP contribution in [0, 0.1) is 6.92 Å². The molecule has 0 bridgehead atoms. The molecule has 0 radical (unpaired) electrons. The van der Waals surface area contributed by atoms with Gasteiger partial charge >= 0.3 is 6.18 Å². The molecular formula is C16H11F3N4OS. The van der Waals surface area contributed by atoms with Gasteiger partial charge in [-0.05, 0) is 36.8 Å². The second kappa shape index (κ2) is 6.60. The number of aryl methyl sites for hydroxylation is 1. The van der Waals surface area contributed by atoms with E-state index in [9.17, 15) is 18.0 Å². The highest BCUT2D eigenvalue weighted by atomic mass is 32.1. The fourth-order valence-corrected chi connectivity index (χ4v) is 2.71. The van der Waals surface area contributed by atoms with Crippen LogP contribution in [-0.2, 0) is 6.18 Å². The fourth-order valence-electron chi connectivity index (χ4n) is 2.17. The summed E-state index contributed by atoms with van der Waals surface area (Å²) >= 11 is 1.29. The average Bonchev–Trinajstić information content (AvgIpc) is 3.09. The molecular weight excluding hydrogens is 353 g/mol. The molecule has 1 aromatic carbocycles. The molecule has 0 spiro atoms. The number of benzene rings is 1. The van der Waals surface area contributed by atoms with Crippen molar-refractivity contribution in [2.45, 2.75) is 13.1 Å². The van der Waals surface area contributed by atoms with Crippen molar-refractivity contribution in [2.24, 2.45) is 0 Å². The number of alkyl halides is 3. The van der Waals surface area contributed by atoms with Gasteiger partial charge in [-0.15, -0.1) is 21.5 Å². The van der Waals surface area contributed by atoms with E-state index in [0.717, 1.165) is 12.1 Å². The van der Waals surface area contributed by atoms with Gasteiger partial charge in [0.2, 0.25) is 0 Å². The molecule has 2 heterocycles. The number of carbonyl (C=O) groups is 1. The van der Waals surface area contributed by atoms with E-state index in [1.165, 1.54) is 29.0 Å². The molecule has 25 heavy (non-hydrogen) atoms. The Bertz CT molecular complexity index is 893. The fraction of sp³-hybridized carbons (Fsp3) is 0.125. The molecule has 2 aromatic heterocycles. The lowest BCUT2D eigenvalue weighted by atomic mass is 10.0. The van der Waals surface area contributed by atoms with Gasteiger partial charge in [-0.3, -0.25) is 4.79 Å². The van der Waals surface area contributed by atoms with Crippen LogP contribution in [-0.4, -0.2) is 21.1 Å². The van der Waals surface area contributed by atoms with Crippen molar-refractivity contribution in [1.29, 1.82) is 0 Å². The van der Waals surface area contributed by atoms with Crippen LogP contribution in [0.25, 0.3) is 11.3 Å². The first kappa shape index (κ1) is 17.0. The zero-order chi connectivity index (χ0) is 18.0. The second-order valence-corrected chi connectivity index (χ2v) is 5.88. The lowest BCUT2D eigenvalue weighted by Gasteiger charge is -2.10. The third kappa shape index (κ3) is 3.82. The number of halogens is 3. The summed E-state index contributed by atoms with van der Waals surface area (Å²) in [5.74, 6) is -0.180. The van der Waals surface area contributed by atoms with Gasteiger partial charge in [0.15, 0.2) is 5.82 Å². The Morgan fingerprint density at radius 1 is 1.16 bits per heavy atom. The Morgan fingerprint density at radius 2 is 1.96 bits per heavy atom. The summed E-state index contributed by atoms with van der Waals surface area (Å²) < 4.78 is 38.2. The normalized spacial score (nSPS) is 11.4. The number of hydrogen-bond acceptors (Lipinski definition) is 5. The number of amides is 1. The summed E-state index contributed by atoms with van der Waals surface area (Å²) in [7, 11) is 0. The van der Waals surface area contributed by atoms with Crippen LogP contribution in [0.5, 0.6) is 0 Å². The SMILES string of the molecule is Cc1cc(C(F)(F)F)ccc1-c1ccc(NC(=O)c2cscn2)nn1. The van der Waals surface area contributed by atoms with Crippen LogP contribution in [0.2, 0.25) is 0 Å². The molecule has 0 aliphatic carbocycles. The smallest absolute Gasteiger partial charge is 0.304 e. The standard InChI is InChI=1S/C16H11F3N4OS/c1-9-6-10(16(17,18)19)2-3-11(9)12-4-5-14(23-22-12)21-15(24)13-7-25-8-20-13/h2-8H,1H3,(H,21,23,24). The highest BCUT2D eigenvalue weighted by Gasteiger charge is 2.30. The Balaban J connectivity index is 1.80. The predicted molar refractivity (Wildman–Crippen MR) is 87.3 cm³/mol. The van der Waals surface area contributed by atoms with Gasteiger partial charge in [-0.25, -0.2) is 4.98 Å². The van der Waals surface area contributed by atoms with E-state index < -0.39 is 17.6 Å². The number of carbonyl (C=O) groups excluding carboxylic acids is 1. The largest absolute Gasteiger partial charge is 0.416 e. The summed E-state index contributed by atoms with van der Waals surface area (Å²) in [4.78, 5) is 15.8. The first-order chi connectivity index (χ1) is 11.8. The minimum absolute atomic E-state index is 0.228. The van der Waals surface area contributed by atoms with Crippen LogP contribution in [0.1, 0.15) is 21.6 Å². The zero-order valence-electron chi connectivity index (χ0n) is 12.8. The van der Waals surface area contributed by atoms with Crippen LogP contribution >= 0.6 is 11.3 Å². The van der Waals surface area contributed by atoms with Gasteiger partial charge in [-0.2, -0.15) is 13.2 Å². The molecule has 1 amide bonds. The van der Waals surface area contributed by atoms with Crippen molar-refractivity contribution in [1.82, 2.24) is 15.2 Å². The minimum Gasteiger partial charge on any atom is -0.304 e. The summed E-state index contributed by atoms with van der Waals surface area (Å²) in [6, 6.07) is 6.54. The van der Waals surface area contributed by atoms with Crippen molar-refractivity contribution in [3.05, 3.63) is 58.0 Å². The molecule has 0 atom stereocenters. The van der Waals surface area contributed by atoms with Gasteiger partial charge in [-0.1, -0.05) is 6.07 Å². The topological polar surface area (TPSA) is 67.8 Å². The average molecular weight is 364 g/mol. The van der Waals surface area contributed by atoms with Gasteiger partial charge in [0.25, 0.3) is 5.91 Å². The van der Waals surface area contributed by atoms with Gasteiger partial charge in [0.1, 0.15) is 5.69 Å². The molecule has 3 rings (SSSR count). The molecule has 0 fully saturated rings. The third-order valence-corrected chi connectivity index (χ3v) is 3.99. The maximum atomic E-state index is 12.7. The minimum atomic E-state index is -4.39. The number of rotatable bonds is 3. The Hall–Kier alpha value is -2.81. The molecule has 3 aromatic rings. The number of hydrogen-bond donors (Lipinski definition) is 1. The zero-order valence-corrected chi connectivity index (χ0v) is 13.6. The van der Waals surface area contributed by atoms with E-state index in [1.807, 2.05) is 0 Å². The first-order valence-electron chi connectivity index (χ1n) is 7.06. The van der Waals surface area contributed by atoms with Crippen LogP contribution in [0.3, 0.4) is 0 Å². The molecule has 5 nitrogen and oxygen atoms in total. The maximum Gasteiger partial charge on any atom is 0.416 e. The Morgan fingerprint density at radius 3 is 2.52 bits per heavy atom. The van der Waals surface area contributed by atoms with Gasteiger partial charge in [0, 0.05) is 10.9 Å². The molecule has 0 unspecified atom stereocenters. The maximum absolute atomic E-state index is 12.7. The summed E-state index contributed by atoms with van der Waals surface area (Å²) in [5, 5.41) is 12.0. The second-order valence-electron chi connectivity index (χ2n) is 5.16. The molecule has 0 aliphatic rings. The molecule has 0 saturated carbocycles. The Kier molecular flexibility index (Phi) is 4.49. The van der Waals surface area contributed by atoms with Gasteiger partial charge < -0.3 is 5.32 Å². The van der Waals surface area contributed by atoms with Crippen LogP contribution in [0.15, 0.2) is 41.2 Å². The monoisotopic (exact) mass is 364 g/mol. The molecule has 128 valence electrons. The summed E-state index contributed by atoms with van der Waals surface area (Å²) in [6.45, 7) is 1.57. The number of thiazole rings is 1. The molecule has 0 aliphatic heterocycles. The molecule has 1 N–H and O–H groups in total. The number of anilines is 1. The number of aromatic nitrogens is 3.